The summed E-state index contributed by atoms with van der Waals surface area (Å²) in [6, 6.07) is 13.8. The Balaban J connectivity index is 1.68. The molecule has 25 heavy (non-hydrogen) atoms. The van der Waals surface area contributed by atoms with Gasteiger partial charge < -0.3 is 10.2 Å². The maximum atomic E-state index is 12.3. The van der Waals surface area contributed by atoms with Gasteiger partial charge in [-0.05, 0) is 68.3 Å². The summed E-state index contributed by atoms with van der Waals surface area (Å²) in [5, 5.41) is 2.80. The van der Waals surface area contributed by atoms with Crippen LogP contribution in [-0.4, -0.2) is 24.1 Å². The molecule has 0 spiro atoms. The third-order valence-corrected chi connectivity index (χ3v) is 4.31. The van der Waals surface area contributed by atoms with Crippen LogP contribution >= 0.6 is 0 Å². The molecule has 1 aliphatic heterocycles. The van der Waals surface area contributed by atoms with Crippen LogP contribution in [0.2, 0.25) is 0 Å². The maximum Gasteiger partial charge on any atom is 0.255 e. The van der Waals surface area contributed by atoms with E-state index < -0.39 is 0 Å². The summed E-state index contributed by atoms with van der Waals surface area (Å²) in [5.41, 5.74) is 2.58. The number of hydrogen-bond acceptors (Lipinski definition) is 3. The molecule has 2 aromatic rings. The molecule has 1 heterocycles. The number of carbonyl (C=O) groups excluding carboxylic acids is 3. The largest absolute Gasteiger partial charge is 0.322 e. The van der Waals surface area contributed by atoms with E-state index in [0.717, 1.165) is 25.1 Å². The number of hydrogen-bond donors (Lipinski definition) is 1. The zero-order valence-electron chi connectivity index (χ0n) is 14.1. The highest BCUT2D eigenvalue weighted by atomic mass is 16.2. The molecule has 0 atom stereocenters. The van der Waals surface area contributed by atoms with E-state index in [9.17, 15) is 14.4 Å². The quantitative estimate of drug-likeness (QED) is 0.867. The van der Waals surface area contributed by atoms with Gasteiger partial charge in [0.1, 0.15) is 0 Å². The number of ketones is 1. The van der Waals surface area contributed by atoms with Crippen LogP contribution in [0.15, 0.2) is 48.5 Å². The fourth-order valence-electron chi connectivity index (χ4n) is 2.86. The van der Waals surface area contributed by atoms with E-state index in [2.05, 4.69) is 5.32 Å². The van der Waals surface area contributed by atoms with Crippen molar-refractivity contribution in [3.63, 3.8) is 0 Å². The first-order chi connectivity index (χ1) is 12.0. The Morgan fingerprint density at radius 2 is 1.56 bits per heavy atom. The number of carbonyl (C=O) groups is 3. The van der Waals surface area contributed by atoms with Crippen LogP contribution in [0.3, 0.4) is 0 Å². The van der Waals surface area contributed by atoms with Gasteiger partial charge in [0.05, 0.1) is 0 Å². The fraction of sp³-hybridized carbons (Fsp3) is 0.250. The molecule has 0 radical (unpaired) electrons. The molecule has 2 aromatic carbocycles. The van der Waals surface area contributed by atoms with Crippen molar-refractivity contribution < 1.29 is 14.4 Å². The Labute approximate surface area is 146 Å². The molecule has 2 amide bonds. The van der Waals surface area contributed by atoms with Crippen molar-refractivity contribution in [3.05, 3.63) is 59.7 Å². The molecule has 3 rings (SSSR count). The number of nitrogens with one attached hydrogen (secondary N) is 1. The summed E-state index contributed by atoms with van der Waals surface area (Å²) in [7, 11) is 0. The zero-order chi connectivity index (χ0) is 17.8. The lowest BCUT2D eigenvalue weighted by molar-refractivity contribution is -0.119. The van der Waals surface area contributed by atoms with Gasteiger partial charge in [-0.2, -0.15) is 0 Å². The van der Waals surface area contributed by atoms with Gasteiger partial charge >= 0.3 is 0 Å². The molecule has 128 valence electrons. The minimum absolute atomic E-state index is 0.0132. The molecule has 1 aliphatic rings. The molecule has 0 unspecified atom stereocenters. The Bertz CT molecular complexity index is 795. The molecular weight excluding hydrogens is 316 g/mol. The van der Waals surface area contributed by atoms with Gasteiger partial charge in [0.15, 0.2) is 5.78 Å². The average molecular weight is 336 g/mol. The zero-order valence-corrected chi connectivity index (χ0v) is 14.1. The summed E-state index contributed by atoms with van der Waals surface area (Å²) in [5.74, 6) is -0.109. The SMILES string of the molecule is CC(=O)c1ccc(NC(=O)c2ccc(N3CCCCC3=O)cc2)cc1. The molecule has 0 saturated carbocycles. The smallest absolute Gasteiger partial charge is 0.255 e. The highest BCUT2D eigenvalue weighted by Gasteiger charge is 2.19. The predicted octanol–water partition coefficient (Wildman–Crippen LogP) is 3.66. The second-order valence-corrected chi connectivity index (χ2v) is 6.14. The van der Waals surface area contributed by atoms with E-state index in [1.165, 1.54) is 6.92 Å². The second-order valence-electron chi connectivity index (χ2n) is 6.14. The van der Waals surface area contributed by atoms with Gasteiger partial charge in [-0.1, -0.05) is 0 Å². The Morgan fingerprint density at radius 1 is 0.920 bits per heavy atom. The topological polar surface area (TPSA) is 66.5 Å². The number of rotatable bonds is 4. The third-order valence-electron chi connectivity index (χ3n) is 4.31. The van der Waals surface area contributed by atoms with E-state index >= 15 is 0 Å². The first kappa shape index (κ1) is 16.9. The number of piperidine rings is 1. The van der Waals surface area contributed by atoms with E-state index in [4.69, 9.17) is 0 Å². The standard InChI is InChI=1S/C20H20N2O3/c1-14(23)15-5-9-17(10-6-15)21-20(25)16-7-11-18(12-8-16)22-13-3-2-4-19(22)24/h5-12H,2-4,13H2,1H3,(H,21,25). The van der Waals surface area contributed by atoms with Crippen molar-refractivity contribution in [2.45, 2.75) is 26.2 Å². The molecule has 0 aliphatic carbocycles. The van der Waals surface area contributed by atoms with Gasteiger partial charge in [0.2, 0.25) is 5.91 Å². The van der Waals surface area contributed by atoms with E-state index in [1.807, 2.05) is 0 Å². The van der Waals surface area contributed by atoms with E-state index in [0.29, 0.717) is 23.2 Å². The maximum absolute atomic E-state index is 12.3. The third kappa shape index (κ3) is 3.94. The molecular formula is C20H20N2O3. The van der Waals surface area contributed by atoms with Crippen LogP contribution in [0, 0.1) is 0 Å². The Hall–Kier alpha value is -2.95. The Kier molecular flexibility index (Phi) is 4.93. The van der Waals surface area contributed by atoms with Crippen molar-refractivity contribution in [2.75, 3.05) is 16.8 Å². The van der Waals surface area contributed by atoms with Crippen LogP contribution in [0.5, 0.6) is 0 Å². The first-order valence-corrected chi connectivity index (χ1v) is 8.37. The van der Waals surface area contributed by atoms with Crippen LogP contribution in [0.1, 0.15) is 46.9 Å². The summed E-state index contributed by atoms with van der Waals surface area (Å²) in [4.78, 5) is 37.3. The molecule has 5 nitrogen and oxygen atoms in total. The monoisotopic (exact) mass is 336 g/mol. The van der Waals surface area contributed by atoms with Gasteiger partial charge in [0.25, 0.3) is 5.91 Å². The molecule has 1 N–H and O–H groups in total. The average Bonchev–Trinajstić information content (AvgIpc) is 2.63. The van der Waals surface area contributed by atoms with Crippen molar-refractivity contribution in [1.82, 2.24) is 0 Å². The molecule has 0 aromatic heterocycles. The predicted molar refractivity (Wildman–Crippen MR) is 97.0 cm³/mol. The minimum Gasteiger partial charge on any atom is -0.322 e. The molecule has 0 bridgehead atoms. The summed E-state index contributed by atoms with van der Waals surface area (Å²) in [6.07, 6.45) is 2.53. The number of benzene rings is 2. The van der Waals surface area contributed by atoms with Crippen molar-refractivity contribution in [2.24, 2.45) is 0 Å². The van der Waals surface area contributed by atoms with Gasteiger partial charge in [-0.15, -0.1) is 0 Å². The normalized spacial score (nSPS) is 14.3. The number of anilines is 2. The fourth-order valence-corrected chi connectivity index (χ4v) is 2.86. The molecule has 1 saturated heterocycles. The van der Waals surface area contributed by atoms with E-state index in [-0.39, 0.29) is 17.6 Å². The van der Waals surface area contributed by atoms with Crippen molar-refractivity contribution in [1.29, 1.82) is 0 Å². The number of Topliss-reactive ketones (excluding diaryl/α,β-unsaturated/α-hetero) is 1. The highest BCUT2D eigenvalue weighted by Crippen LogP contribution is 2.21. The minimum atomic E-state index is -0.230. The van der Waals surface area contributed by atoms with Crippen molar-refractivity contribution >= 4 is 29.0 Å². The van der Waals surface area contributed by atoms with Crippen LogP contribution in [0.25, 0.3) is 0 Å². The Morgan fingerprint density at radius 3 is 2.16 bits per heavy atom. The first-order valence-electron chi connectivity index (χ1n) is 8.37. The number of amides is 2. The molecule has 5 heteroatoms. The summed E-state index contributed by atoms with van der Waals surface area (Å²) >= 11 is 0. The number of nitrogens with zero attached hydrogens (tertiary/aromatic N) is 1. The molecule has 1 fully saturated rings. The van der Waals surface area contributed by atoms with Crippen LogP contribution in [0.4, 0.5) is 11.4 Å². The summed E-state index contributed by atoms with van der Waals surface area (Å²) < 4.78 is 0. The van der Waals surface area contributed by atoms with Crippen molar-refractivity contribution in [3.8, 4) is 0 Å². The van der Waals surface area contributed by atoms with E-state index in [1.54, 1.807) is 53.4 Å². The van der Waals surface area contributed by atoms with Gasteiger partial charge in [-0.3, -0.25) is 14.4 Å². The lowest BCUT2D eigenvalue weighted by Gasteiger charge is -2.26. The lowest BCUT2D eigenvalue weighted by atomic mass is 10.1. The lowest BCUT2D eigenvalue weighted by Crippen LogP contribution is -2.35. The van der Waals surface area contributed by atoms with Crippen LogP contribution < -0.4 is 10.2 Å². The van der Waals surface area contributed by atoms with Gasteiger partial charge in [0, 0.05) is 35.5 Å². The van der Waals surface area contributed by atoms with Gasteiger partial charge in [-0.25, -0.2) is 0 Å². The second kappa shape index (κ2) is 7.30. The summed E-state index contributed by atoms with van der Waals surface area (Å²) in [6.45, 7) is 2.23. The highest BCUT2D eigenvalue weighted by molar-refractivity contribution is 6.05. The van der Waals surface area contributed by atoms with Crippen LogP contribution in [-0.2, 0) is 4.79 Å².